The minimum Gasteiger partial charge on any atom is -0.479 e. The second-order valence-corrected chi connectivity index (χ2v) is 6.59. The number of aliphatic carboxylic acids is 1. The summed E-state index contributed by atoms with van der Waals surface area (Å²) >= 11 is 0. The standard InChI is InChI=1S/C18H23NO3/c1-14(17(20)21)22-16-6-4-15(5-7-16)12-19-11-3-2-8-18(13-19)9-10-18/h2-7,14H,8-13H2,1H3,(H,20,21). The second kappa shape index (κ2) is 6.13. The van der Waals surface area contributed by atoms with Crippen molar-refractivity contribution in [1.29, 1.82) is 0 Å². The highest BCUT2D eigenvalue weighted by molar-refractivity contribution is 5.72. The molecule has 1 atom stereocenters. The first-order valence-corrected chi connectivity index (χ1v) is 7.92. The topological polar surface area (TPSA) is 49.8 Å². The van der Waals surface area contributed by atoms with Gasteiger partial charge in [0.25, 0.3) is 0 Å². The van der Waals surface area contributed by atoms with E-state index < -0.39 is 12.1 Å². The number of carboxylic acid groups (broad SMARTS) is 1. The fourth-order valence-corrected chi connectivity index (χ4v) is 3.01. The summed E-state index contributed by atoms with van der Waals surface area (Å²) in [6, 6.07) is 7.76. The third-order valence-electron chi connectivity index (χ3n) is 4.59. The highest BCUT2D eigenvalue weighted by Crippen LogP contribution is 2.50. The van der Waals surface area contributed by atoms with Crippen LogP contribution in [0.2, 0.25) is 0 Å². The fourth-order valence-electron chi connectivity index (χ4n) is 3.01. The fraction of sp³-hybridized carbons (Fsp3) is 0.500. The summed E-state index contributed by atoms with van der Waals surface area (Å²) in [6.45, 7) is 4.65. The number of benzene rings is 1. The number of ether oxygens (including phenoxy) is 1. The van der Waals surface area contributed by atoms with E-state index in [1.165, 1.54) is 38.3 Å². The van der Waals surface area contributed by atoms with Crippen LogP contribution in [-0.2, 0) is 11.3 Å². The molecule has 1 fully saturated rings. The van der Waals surface area contributed by atoms with E-state index in [1.807, 2.05) is 24.3 Å². The first-order chi connectivity index (χ1) is 10.6. The van der Waals surface area contributed by atoms with E-state index in [-0.39, 0.29) is 0 Å². The Morgan fingerprint density at radius 3 is 2.68 bits per heavy atom. The Bertz CT molecular complexity index is 560. The second-order valence-electron chi connectivity index (χ2n) is 6.59. The van der Waals surface area contributed by atoms with Gasteiger partial charge in [0, 0.05) is 19.6 Å². The average molecular weight is 301 g/mol. The summed E-state index contributed by atoms with van der Waals surface area (Å²) in [5, 5.41) is 8.86. The summed E-state index contributed by atoms with van der Waals surface area (Å²) < 4.78 is 5.36. The number of hydrogen-bond acceptors (Lipinski definition) is 3. The zero-order valence-corrected chi connectivity index (χ0v) is 13.0. The SMILES string of the molecule is CC(Oc1ccc(CN2CC=CCC3(CC3)C2)cc1)C(=O)O. The molecule has 118 valence electrons. The summed E-state index contributed by atoms with van der Waals surface area (Å²) in [4.78, 5) is 13.3. The van der Waals surface area contributed by atoms with Crippen LogP contribution in [0.4, 0.5) is 0 Å². The lowest BCUT2D eigenvalue weighted by Crippen LogP contribution is -2.28. The van der Waals surface area contributed by atoms with Gasteiger partial charge in [-0.3, -0.25) is 4.90 Å². The van der Waals surface area contributed by atoms with E-state index >= 15 is 0 Å². The van der Waals surface area contributed by atoms with Crippen LogP contribution in [0.1, 0.15) is 31.7 Å². The van der Waals surface area contributed by atoms with Gasteiger partial charge in [0.2, 0.25) is 0 Å². The zero-order chi connectivity index (χ0) is 15.6. The molecule has 1 unspecified atom stereocenters. The molecule has 4 nitrogen and oxygen atoms in total. The highest BCUT2D eigenvalue weighted by atomic mass is 16.5. The van der Waals surface area contributed by atoms with Gasteiger partial charge in [-0.25, -0.2) is 4.79 Å². The van der Waals surface area contributed by atoms with E-state index in [0.717, 1.165) is 13.1 Å². The molecule has 3 rings (SSSR count). The molecule has 0 saturated heterocycles. The maximum atomic E-state index is 10.8. The van der Waals surface area contributed by atoms with Crippen molar-refractivity contribution in [3.05, 3.63) is 42.0 Å². The summed E-state index contributed by atoms with van der Waals surface area (Å²) in [6.07, 6.45) is 7.72. The number of carbonyl (C=O) groups is 1. The van der Waals surface area contributed by atoms with Crippen molar-refractivity contribution in [2.45, 2.75) is 38.8 Å². The molecule has 2 aliphatic rings. The third-order valence-corrected chi connectivity index (χ3v) is 4.59. The molecule has 4 heteroatoms. The molecule has 1 spiro atoms. The Labute approximate surface area is 131 Å². The van der Waals surface area contributed by atoms with Gasteiger partial charge in [-0.1, -0.05) is 24.3 Å². The van der Waals surface area contributed by atoms with Gasteiger partial charge < -0.3 is 9.84 Å². The molecule has 0 bridgehead atoms. The summed E-state index contributed by atoms with van der Waals surface area (Å²) in [7, 11) is 0. The molecule has 1 aliphatic carbocycles. The van der Waals surface area contributed by atoms with Gasteiger partial charge >= 0.3 is 5.97 Å². The molecule has 1 aromatic rings. The molecule has 1 heterocycles. The minimum atomic E-state index is -0.949. The Kier molecular flexibility index (Phi) is 4.21. The smallest absolute Gasteiger partial charge is 0.344 e. The number of rotatable bonds is 5. The van der Waals surface area contributed by atoms with Crippen molar-refractivity contribution in [3.8, 4) is 5.75 Å². The molecular weight excluding hydrogens is 278 g/mol. The largest absolute Gasteiger partial charge is 0.479 e. The van der Waals surface area contributed by atoms with Crippen molar-refractivity contribution < 1.29 is 14.6 Å². The van der Waals surface area contributed by atoms with Gasteiger partial charge in [0.05, 0.1) is 0 Å². The Morgan fingerprint density at radius 1 is 1.32 bits per heavy atom. The number of carboxylic acids is 1. The molecule has 1 N–H and O–H groups in total. The third kappa shape index (κ3) is 3.69. The number of nitrogens with zero attached hydrogens (tertiary/aromatic N) is 1. The van der Waals surface area contributed by atoms with Crippen molar-refractivity contribution in [2.24, 2.45) is 5.41 Å². The van der Waals surface area contributed by atoms with Crippen molar-refractivity contribution >= 4 is 5.97 Å². The molecule has 0 radical (unpaired) electrons. The van der Waals surface area contributed by atoms with Gasteiger partial charge in [-0.2, -0.15) is 0 Å². The maximum absolute atomic E-state index is 10.8. The Balaban J connectivity index is 1.58. The quantitative estimate of drug-likeness (QED) is 0.849. The lowest BCUT2D eigenvalue weighted by atomic mass is 10.0. The molecule has 1 saturated carbocycles. The van der Waals surface area contributed by atoms with Gasteiger partial charge in [0.15, 0.2) is 6.10 Å². The summed E-state index contributed by atoms with van der Waals surface area (Å²) in [5.41, 5.74) is 1.79. The van der Waals surface area contributed by atoms with Gasteiger partial charge in [0.1, 0.15) is 5.75 Å². The number of allylic oxidation sites excluding steroid dienone is 1. The normalized spacial score (nSPS) is 21.3. The van der Waals surface area contributed by atoms with Crippen LogP contribution in [0, 0.1) is 5.41 Å². The summed E-state index contributed by atoms with van der Waals surface area (Å²) in [5.74, 6) is -0.344. The molecule has 0 amide bonds. The zero-order valence-electron chi connectivity index (χ0n) is 13.0. The monoisotopic (exact) mass is 301 g/mol. The molecule has 22 heavy (non-hydrogen) atoms. The maximum Gasteiger partial charge on any atom is 0.344 e. The van der Waals surface area contributed by atoms with Crippen molar-refractivity contribution in [2.75, 3.05) is 13.1 Å². The molecule has 1 aromatic carbocycles. The van der Waals surface area contributed by atoms with Crippen LogP contribution in [-0.4, -0.2) is 35.2 Å². The molecule has 1 aliphatic heterocycles. The van der Waals surface area contributed by atoms with E-state index in [9.17, 15) is 4.79 Å². The minimum absolute atomic E-state index is 0.549. The van der Waals surface area contributed by atoms with Crippen molar-refractivity contribution in [3.63, 3.8) is 0 Å². The first-order valence-electron chi connectivity index (χ1n) is 7.92. The lowest BCUT2D eigenvalue weighted by Gasteiger charge is -2.24. The van der Waals surface area contributed by atoms with E-state index in [2.05, 4.69) is 17.1 Å². The van der Waals surface area contributed by atoms with Crippen LogP contribution in [0.5, 0.6) is 5.75 Å². The van der Waals surface area contributed by atoms with Gasteiger partial charge in [-0.05, 0) is 49.3 Å². The van der Waals surface area contributed by atoms with Crippen LogP contribution >= 0.6 is 0 Å². The average Bonchev–Trinajstić information content (AvgIpc) is 3.28. The predicted octanol–water partition coefficient (Wildman–Crippen LogP) is 3.08. The van der Waals surface area contributed by atoms with E-state index in [0.29, 0.717) is 11.2 Å². The molecular formula is C18H23NO3. The van der Waals surface area contributed by atoms with Crippen molar-refractivity contribution in [1.82, 2.24) is 4.90 Å². The van der Waals surface area contributed by atoms with E-state index in [4.69, 9.17) is 9.84 Å². The van der Waals surface area contributed by atoms with Crippen LogP contribution < -0.4 is 4.74 Å². The first kappa shape index (κ1) is 15.1. The Hall–Kier alpha value is -1.81. The van der Waals surface area contributed by atoms with Crippen LogP contribution in [0.3, 0.4) is 0 Å². The highest BCUT2D eigenvalue weighted by Gasteiger charge is 2.43. The molecule has 0 aromatic heterocycles. The van der Waals surface area contributed by atoms with Crippen LogP contribution in [0.15, 0.2) is 36.4 Å². The van der Waals surface area contributed by atoms with E-state index in [1.54, 1.807) is 0 Å². The van der Waals surface area contributed by atoms with Crippen LogP contribution in [0.25, 0.3) is 0 Å². The lowest BCUT2D eigenvalue weighted by molar-refractivity contribution is -0.144. The van der Waals surface area contributed by atoms with Gasteiger partial charge in [-0.15, -0.1) is 0 Å². The Morgan fingerprint density at radius 2 is 2.05 bits per heavy atom. The predicted molar refractivity (Wildman–Crippen MR) is 84.9 cm³/mol. The number of hydrogen-bond donors (Lipinski definition) is 1.